The number of carboxylic acids is 1. The van der Waals surface area contributed by atoms with Gasteiger partial charge in [0.15, 0.2) is 11.5 Å². The number of benzene rings is 1. The second-order valence-electron chi connectivity index (χ2n) is 12.3. The Morgan fingerprint density at radius 3 is 2.44 bits per heavy atom. The average molecular weight is 692 g/mol. The third-order valence-electron chi connectivity index (χ3n) is 8.94. The van der Waals surface area contributed by atoms with Crippen LogP contribution >= 0.6 is 24.0 Å². The number of thioether (sulfide) groups is 1. The van der Waals surface area contributed by atoms with Gasteiger partial charge in [-0.2, -0.15) is 0 Å². The van der Waals surface area contributed by atoms with Crippen molar-refractivity contribution in [2.24, 2.45) is 0 Å². The van der Waals surface area contributed by atoms with E-state index in [-0.39, 0.29) is 24.7 Å². The standard InChI is InChI=1S/C35H41N5O6S2/c41-31(42)12-7-5-3-1-2-4-6-9-16-40-34(44)29(48-35(40)47)22-26-32(36-30-11-8-10-15-39(30)33(26)43)38-19-17-37(18-20-38)23-25-13-14-27-28(21-25)46-24-45-27/h8,10-11,13-15,21-22H,1-7,9,12,16-20,23-24H2,(H,41,42). The number of amides is 1. The van der Waals surface area contributed by atoms with Crippen molar-refractivity contribution in [1.29, 1.82) is 0 Å². The summed E-state index contributed by atoms with van der Waals surface area (Å²) in [5, 5.41) is 8.74. The molecule has 0 atom stereocenters. The largest absolute Gasteiger partial charge is 0.481 e. The van der Waals surface area contributed by atoms with Crippen LogP contribution in [-0.4, -0.2) is 80.0 Å². The van der Waals surface area contributed by atoms with Crippen molar-refractivity contribution in [2.75, 3.05) is 44.4 Å². The number of pyridine rings is 1. The summed E-state index contributed by atoms with van der Waals surface area (Å²) >= 11 is 6.85. The van der Waals surface area contributed by atoms with E-state index in [1.165, 1.54) is 16.2 Å². The Morgan fingerprint density at radius 1 is 0.938 bits per heavy atom. The molecule has 1 aromatic carbocycles. The Morgan fingerprint density at radius 2 is 1.67 bits per heavy atom. The molecule has 2 saturated heterocycles. The average Bonchev–Trinajstić information content (AvgIpc) is 3.66. The van der Waals surface area contributed by atoms with E-state index in [2.05, 4.69) is 15.9 Å². The number of rotatable bonds is 15. The van der Waals surface area contributed by atoms with Crippen LogP contribution in [0.4, 0.5) is 5.82 Å². The van der Waals surface area contributed by atoms with E-state index in [0.717, 1.165) is 88.1 Å². The summed E-state index contributed by atoms with van der Waals surface area (Å²) in [5.74, 6) is 1.24. The fourth-order valence-electron chi connectivity index (χ4n) is 6.30. The van der Waals surface area contributed by atoms with Gasteiger partial charge in [0.1, 0.15) is 15.8 Å². The number of thiocarbonyl (C=S) groups is 1. The van der Waals surface area contributed by atoms with Gasteiger partial charge in [0, 0.05) is 51.9 Å². The summed E-state index contributed by atoms with van der Waals surface area (Å²) < 4.78 is 13.0. The first-order valence-corrected chi connectivity index (χ1v) is 17.9. The van der Waals surface area contributed by atoms with Gasteiger partial charge in [-0.25, -0.2) is 4.98 Å². The molecule has 11 nitrogen and oxygen atoms in total. The van der Waals surface area contributed by atoms with Gasteiger partial charge in [-0.15, -0.1) is 0 Å². The first-order valence-electron chi connectivity index (χ1n) is 16.7. The first-order chi connectivity index (χ1) is 23.4. The Hall–Kier alpha value is -3.94. The number of hydrogen-bond acceptors (Lipinski definition) is 10. The van der Waals surface area contributed by atoms with Crippen molar-refractivity contribution >= 4 is 57.7 Å². The molecule has 254 valence electrons. The highest BCUT2D eigenvalue weighted by atomic mass is 32.2. The van der Waals surface area contributed by atoms with Crippen LogP contribution in [0.5, 0.6) is 11.5 Å². The minimum absolute atomic E-state index is 0.166. The lowest BCUT2D eigenvalue weighted by Gasteiger charge is -2.36. The molecule has 0 bridgehead atoms. The van der Waals surface area contributed by atoms with Crippen LogP contribution in [0.1, 0.15) is 68.9 Å². The second kappa shape index (κ2) is 16.0. The zero-order valence-electron chi connectivity index (χ0n) is 27.0. The third kappa shape index (κ3) is 8.19. The topological polar surface area (TPSA) is 117 Å². The first kappa shape index (κ1) is 33.9. The maximum Gasteiger partial charge on any atom is 0.303 e. The van der Waals surface area contributed by atoms with Crippen molar-refractivity contribution in [3.05, 3.63) is 69.0 Å². The number of carbonyl (C=O) groups excluding carboxylic acids is 1. The number of fused-ring (bicyclic) bond motifs is 2. The van der Waals surface area contributed by atoms with Gasteiger partial charge in [0.05, 0.1) is 10.5 Å². The molecule has 0 spiro atoms. The summed E-state index contributed by atoms with van der Waals surface area (Å²) in [7, 11) is 0. The molecule has 6 rings (SSSR count). The van der Waals surface area contributed by atoms with Crippen LogP contribution in [0.2, 0.25) is 0 Å². The van der Waals surface area contributed by atoms with Crippen LogP contribution in [0.15, 0.2) is 52.3 Å². The van der Waals surface area contributed by atoms with Gasteiger partial charge in [0.2, 0.25) is 6.79 Å². The Balaban J connectivity index is 1.08. The minimum Gasteiger partial charge on any atom is -0.481 e. The van der Waals surface area contributed by atoms with Gasteiger partial charge in [-0.3, -0.25) is 28.6 Å². The quantitative estimate of drug-likeness (QED) is 0.123. The van der Waals surface area contributed by atoms with E-state index in [1.807, 2.05) is 24.3 Å². The maximum atomic E-state index is 13.9. The molecule has 0 unspecified atom stereocenters. The molecular weight excluding hydrogens is 651 g/mol. The maximum absolute atomic E-state index is 13.9. The molecule has 5 heterocycles. The number of ether oxygens (including phenoxy) is 2. The van der Waals surface area contributed by atoms with Crippen molar-refractivity contribution in [3.8, 4) is 11.5 Å². The number of carbonyl (C=O) groups is 2. The van der Waals surface area contributed by atoms with Gasteiger partial charge in [-0.1, -0.05) is 74.6 Å². The predicted octanol–water partition coefficient (Wildman–Crippen LogP) is 5.54. The SMILES string of the molecule is O=C(O)CCCCCCCCCCN1C(=O)C(=Cc2c(N3CCN(Cc4ccc5c(c4)OCO5)CC3)nc3ccccn3c2=O)SC1=S. The number of hydrogen-bond donors (Lipinski definition) is 1. The van der Waals surface area contributed by atoms with Crippen molar-refractivity contribution in [3.63, 3.8) is 0 Å². The highest BCUT2D eigenvalue weighted by Crippen LogP contribution is 2.35. The summed E-state index contributed by atoms with van der Waals surface area (Å²) in [6.07, 6.45) is 11.5. The lowest BCUT2D eigenvalue weighted by atomic mass is 10.1. The smallest absolute Gasteiger partial charge is 0.303 e. The molecular formula is C35H41N5O6S2. The lowest BCUT2D eigenvalue weighted by molar-refractivity contribution is -0.137. The summed E-state index contributed by atoms with van der Waals surface area (Å²) in [6, 6.07) is 11.5. The Bertz CT molecular complexity index is 1750. The van der Waals surface area contributed by atoms with Crippen LogP contribution < -0.4 is 19.9 Å². The molecule has 1 amide bonds. The summed E-state index contributed by atoms with van der Waals surface area (Å²) in [5.41, 5.74) is 1.89. The van der Waals surface area contributed by atoms with Gasteiger partial charge in [0.25, 0.3) is 11.5 Å². The zero-order valence-corrected chi connectivity index (χ0v) is 28.6. The molecule has 13 heteroatoms. The summed E-state index contributed by atoms with van der Waals surface area (Å²) in [6.45, 7) is 4.53. The fourth-order valence-corrected chi connectivity index (χ4v) is 7.59. The lowest BCUT2D eigenvalue weighted by Crippen LogP contribution is -2.47. The van der Waals surface area contributed by atoms with Gasteiger partial charge in [-0.05, 0) is 48.7 Å². The van der Waals surface area contributed by atoms with E-state index < -0.39 is 5.97 Å². The number of aliphatic carboxylic acids is 1. The second-order valence-corrected chi connectivity index (χ2v) is 14.0. The van der Waals surface area contributed by atoms with Crippen LogP contribution in [0.3, 0.4) is 0 Å². The van der Waals surface area contributed by atoms with Crippen LogP contribution in [0.25, 0.3) is 11.7 Å². The fraction of sp³-hybridized carbons (Fsp3) is 0.457. The van der Waals surface area contributed by atoms with Crippen molar-refractivity contribution in [1.82, 2.24) is 19.2 Å². The molecule has 3 aliphatic rings. The molecule has 0 radical (unpaired) electrons. The molecule has 3 aliphatic heterocycles. The minimum atomic E-state index is -0.730. The number of unbranched alkanes of at least 4 members (excludes halogenated alkanes) is 7. The van der Waals surface area contributed by atoms with Crippen LogP contribution in [-0.2, 0) is 16.1 Å². The number of anilines is 1. The van der Waals surface area contributed by atoms with Crippen LogP contribution in [0, 0.1) is 0 Å². The van der Waals surface area contributed by atoms with E-state index >= 15 is 0 Å². The molecule has 0 saturated carbocycles. The Kier molecular flexibility index (Phi) is 11.3. The number of piperazine rings is 1. The molecule has 3 aromatic rings. The normalized spacial score (nSPS) is 17.3. The monoisotopic (exact) mass is 691 g/mol. The van der Waals surface area contributed by atoms with E-state index in [1.54, 1.807) is 23.2 Å². The van der Waals surface area contributed by atoms with Crippen molar-refractivity contribution in [2.45, 2.75) is 64.3 Å². The molecule has 0 aliphatic carbocycles. The molecule has 2 aromatic heterocycles. The number of nitrogens with zero attached hydrogens (tertiary/aromatic N) is 5. The highest BCUT2D eigenvalue weighted by molar-refractivity contribution is 8.26. The van der Waals surface area contributed by atoms with Gasteiger partial charge >= 0.3 is 5.97 Å². The highest BCUT2D eigenvalue weighted by Gasteiger charge is 2.33. The Labute approximate surface area is 289 Å². The molecule has 48 heavy (non-hydrogen) atoms. The van der Waals surface area contributed by atoms with E-state index in [9.17, 15) is 14.4 Å². The molecule has 2 fully saturated rings. The van der Waals surface area contributed by atoms with E-state index in [4.69, 9.17) is 31.8 Å². The van der Waals surface area contributed by atoms with Crippen molar-refractivity contribution < 1.29 is 24.2 Å². The number of carboxylic acid groups (broad SMARTS) is 1. The zero-order chi connectivity index (χ0) is 33.5. The van der Waals surface area contributed by atoms with Gasteiger partial charge < -0.3 is 19.5 Å². The predicted molar refractivity (Wildman–Crippen MR) is 191 cm³/mol. The number of aromatic nitrogens is 2. The molecule has 1 N–H and O–H groups in total. The van der Waals surface area contributed by atoms with E-state index in [0.29, 0.717) is 45.9 Å². The third-order valence-corrected chi connectivity index (χ3v) is 10.3. The summed E-state index contributed by atoms with van der Waals surface area (Å²) in [4.78, 5) is 49.5.